The van der Waals surface area contributed by atoms with Gasteiger partial charge in [-0.25, -0.2) is 0 Å². The summed E-state index contributed by atoms with van der Waals surface area (Å²) < 4.78 is 16.3. The minimum absolute atomic E-state index is 0.0781. The summed E-state index contributed by atoms with van der Waals surface area (Å²) in [5.74, 6) is -0.924. The van der Waals surface area contributed by atoms with E-state index in [-0.39, 0.29) is 27.7 Å². The summed E-state index contributed by atoms with van der Waals surface area (Å²) in [6.07, 6.45) is 0. The topological polar surface area (TPSA) is 85.3 Å². The Morgan fingerprint density at radius 1 is 0.971 bits per heavy atom. The Labute approximate surface area is 208 Å². The number of ketones is 1. The Morgan fingerprint density at radius 2 is 1.69 bits per heavy atom. The molecule has 1 saturated heterocycles. The number of rotatable bonds is 7. The van der Waals surface area contributed by atoms with Crippen molar-refractivity contribution >= 4 is 34.7 Å². The molecule has 180 valence electrons. The summed E-state index contributed by atoms with van der Waals surface area (Å²) in [5.41, 5.74) is 1.21. The van der Waals surface area contributed by atoms with E-state index in [0.29, 0.717) is 23.6 Å². The number of Topliss-reactive ketones (excluding diaryl/α,β-unsaturated/α-hetero) is 1. The molecule has 0 bridgehead atoms. The van der Waals surface area contributed by atoms with Gasteiger partial charge in [0.2, 0.25) is 0 Å². The Bertz CT molecular complexity index is 1300. The Morgan fingerprint density at radius 3 is 2.34 bits per heavy atom. The van der Waals surface area contributed by atoms with Crippen LogP contribution in [-0.4, -0.2) is 37.6 Å². The normalized spacial score (nSPS) is 16.9. The van der Waals surface area contributed by atoms with E-state index in [1.165, 1.54) is 31.3 Å². The maximum Gasteiger partial charge on any atom is 0.300 e. The number of carbonyl (C=O) groups excluding carboxylic acids is 2. The minimum Gasteiger partial charge on any atom is -0.507 e. The Balaban J connectivity index is 1.96. The van der Waals surface area contributed by atoms with Crippen LogP contribution in [0.25, 0.3) is 5.76 Å². The Kier molecular flexibility index (Phi) is 6.98. The average Bonchev–Trinajstić information content (AvgIpc) is 3.14. The van der Waals surface area contributed by atoms with Gasteiger partial charge in [-0.05, 0) is 30.7 Å². The summed E-state index contributed by atoms with van der Waals surface area (Å²) in [4.78, 5) is 28.1. The van der Waals surface area contributed by atoms with E-state index < -0.39 is 23.5 Å². The molecule has 1 aliphatic heterocycles. The number of aliphatic hydroxyl groups is 1. The first-order valence-corrected chi connectivity index (χ1v) is 11.3. The van der Waals surface area contributed by atoms with Crippen LogP contribution in [0.3, 0.4) is 0 Å². The van der Waals surface area contributed by atoms with E-state index in [2.05, 4.69) is 0 Å². The number of hydrogen-bond acceptors (Lipinski definition) is 6. The standard InChI is InChI=1S/C27H24ClNO6/c1-4-35-18-12-8-11-17(13-18)29-24(16-9-6-5-7-10-16)23(26(31)27(29)32)25(30)19-14-22(34-3)20(28)15-21(19)33-2/h5-15,24,30H,4H2,1-3H3/b25-23+. The second-order valence-corrected chi connectivity index (χ2v) is 8.10. The van der Waals surface area contributed by atoms with E-state index >= 15 is 0 Å². The second kappa shape index (κ2) is 10.1. The van der Waals surface area contributed by atoms with Crippen LogP contribution in [0, 0.1) is 0 Å². The first-order chi connectivity index (χ1) is 16.9. The van der Waals surface area contributed by atoms with E-state index in [1.807, 2.05) is 13.0 Å². The zero-order valence-corrected chi connectivity index (χ0v) is 20.2. The summed E-state index contributed by atoms with van der Waals surface area (Å²) >= 11 is 6.22. The predicted octanol–water partition coefficient (Wildman–Crippen LogP) is 5.38. The van der Waals surface area contributed by atoms with Gasteiger partial charge >= 0.3 is 0 Å². The maximum absolute atomic E-state index is 13.4. The van der Waals surface area contributed by atoms with Gasteiger partial charge in [-0.1, -0.05) is 48.0 Å². The number of anilines is 1. The highest BCUT2D eigenvalue weighted by atomic mass is 35.5. The number of aliphatic hydroxyl groups excluding tert-OH is 1. The molecule has 1 unspecified atom stereocenters. The molecule has 1 N–H and O–H groups in total. The molecule has 0 aromatic heterocycles. The fourth-order valence-electron chi connectivity index (χ4n) is 4.13. The quantitative estimate of drug-likeness (QED) is 0.270. The van der Waals surface area contributed by atoms with Crippen molar-refractivity contribution in [2.75, 3.05) is 25.7 Å². The summed E-state index contributed by atoms with van der Waals surface area (Å²) in [5, 5.41) is 11.7. The lowest BCUT2D eigenvalue weighted by Gasteiger charge is -2.26. The highest BCUT2D eigenvalue weighted by molar-refractivity contribution is 6.51. The molecule has 0 saturated carbocycles. The summed E-state index contributed by atoms with van der Waals surface area (Å²) in [7, 11) is 2.85. The monoisotopic (exact) mass is 493 g/mol. The third-order valence-electron chi connectivity index (χ3n) is 5.70. The molecule has 1 aliphatic rings. The molecule has 3 aromatic carbocycles. The maximum atomic E-state index is 13.4. The molecule has 35 heavy (non-hydrogen) atoms. The fourth-order valence-corrected chi connectivity index (χ4v) is 4.36. The van der Waals surface area contributed by atoms with Gasteiger partial charge in [0, 0.05) is 17.8 Å². The van der Waals surface area contributed by atoms with Gasteiger partial charge in [-0.15, -0.1) is 0 Å². The number of benzene rings is 3. The smallest absolute Gasteiger partial charge is 0.300 e. The van der Waals surface area contributed by atoms with Crippen LogP contribution < -0.4 is 19.1 Å². The SMILES string of the molecule is CCOc1cccc(N2C(=O)C(=O)/C(=C(/O)c3cc(OC)c(Cl)cc3OC)C2c2ccccc2)c1. The predicted molar refractivity (Wildman–Crippen MR) is 133 cm³/mol. The minimum atomic E-state index is -0.889. The van der Waals surface area contributed by atoms with Gasteiger partial charge in [0.1, 0.15) is 23.0 Å². The molecule has 1 amide bonds. The molecule has 0 spiro atoms. The van der Waals surface area contributed by atoms with Crippen LogP contribution in [0.5, 0.6) is 17.2 Å². The Hall–Kier alpha value is -3.97. The molecular weight excluding hydrogens is 470 g/mol. The highest BCUT2D eigenvalue weighted by Gasteiger charge is 2.47. The number of carbonyl (C=O) groups is 2. The van der Waals surface area contributed by atoms with Crippen molar-refractivity contribution in [2.45, 2.75) is 13.0 Å². The third kappa shape index (κ3) is 4.42. The van der Waals surface area contributed by atoms with Gasteiger partial charge in [-0.3, -0.25) is 14.5 Å². The van der Waals surface area contributed by atoms with Crippen LogP contribution in [0.4, 0.5) is 5.69 Å². The number of halogens is 1. The molecule has 1 heterocycles. The molecule has 4 rings (SSSR count). The van der Waals surface area contributed by atoms with Gasteiger partial charge in [-0.2, -0.15) is 0 Å². The lowest BCUT2D eigenvalue weighted by Crippen LogP contribution is -2.29. The number of ether oxygens (including phenoxy) is 3. The first-order valence-electron chi connectivity index (χ1n) is 10.9. The van der Waals surface area contributed by atoms with Crippen molar-refractivity contribution in [2.24, 2.45) is 0 Å². The first kappa shape index (κ1) is 24.2. The number of hydrogen-bond donors (Lipinski definition) is 1. The lowest BCUT2D eigenvalue weighted by atomic mass is 9.94. The second-order valence-electron chi connectivity index (χ2n) is 7.70. The van der Waals surface area contributed by atoms with Gasteiger partial charge in [0.25, 0.3) is 11.7 Å². The third-order valence-corrected chi connectivity index (χ3v) is 5.99. The van der Waals surface area contributed by atoms with Crippen molar-refractivity contribution in [1.82, 2.24) is 0 Å². The zero-order valence-electron chi connectivity index (χ0n) is 19.4. The molecule has 1 fully saturated rings. The highest BCUT2D eigenvalue weighted by Crippen LogP contribution is 2.45. The van der Waals surface area contributed by atoms with E-state index in [9.17, 15) is 14.7 Å². The van der Waals surface area contributed by atoms with E-state index in [0.717, 1.165) is 0 Å². The van der Waals surface area contributed by atoms with Crippen LogP contribution in [0.15, 0.2) is 72.3 Å². The van der Waals surface area contributed by atoms with Gasteiger partial charge < -0.3 is 19.3 Å². The summed E-state index contributed by atoms with van der Waals surface area (Å²) in [6, 6.07) is 18.0. The van der Waals surface area contributed by atoms with E-state index in [4.69, 9.17) is 25.8 Å². The van der Waals surface area contributed by atoms with Crippen LogP contribution in [0.1, 0.15) is 24.1 Å². The molecule has 0 aliphatic carbocycles. The van der Waals surface area contributed by atoms with Gasteiger partial charge in [0.15, 0.2) is 0 Å². The van der Waals surface area contributed by atoms with Gasteiger partial charge in [0.05, 0.1) is 43.0 Å². The largest absolute Gasteiger partial charge is 0.507 e. The lowest BCUT2D eigenvalue weighted by molar-refractivity contribution is -0.132. The molecule has 0 radical (unpaired) electrons. The van der Waals surface area contributed by atoms with Crippen molar-refractivity contribution in [3.05, 3.63) is 88.5 Å². The van der Waals surface area contributed by atoms with E-state index in [1.54, 1.807) is 48.5 Å². The molecule has 1 atom stereocenters. The molecule has 7 nitrogen and oxygen atoms in total. The molecular formula is C27H24ClNO6. The number of amides is 1. The number of nitrogens with zero attached hydrogens (tertiary/aromatic N) is 1. The molecule has 8 heteroatoms. The van der Waals surface area contributed by atoms with Crippen molar-refractivity contribution in [1.29, 1.82) is 0 Å². The van der Waals surface area contributed by atoms with Crippen LogP contribution >= 0.6 is 11.6 Å². The summed E-state index contributed by atoms with van der Waals surface area (Å²) in [6.45, 7) is 2.30. The number of methoxy groups -OCH3 is 2. The zero-order chi connectivity index (χ0) is 25.1. The van der Waals surface area contributed by atoms with Crippen LogP contribution in [-0.2, 0) is 9.59 Å². The van der Waals surface area contributed by atoms with Crippen molar-refractivity contribution in [3.63, 3.8) is 0 Å². The molecule has 3 aromatic rings. The van der Waals surface area contributed by atoms with Crippen molar-refractivity contribution in [3.8, 4) is 17.2 Å². The fraction of sp³-hybridized carbons (Fsp3) is 0.185. The van der Waals surface area contributed by atoms with Crippen LogP contribution in [0.2, 0.25) is 5.02 Å². The average molecular weight is 494 g/mol. The van der Waals surface area contributed by atoms with Crippen molar-refractivity contribution < 1.29 is 28.9 Å².